The van der Waals surface area contributed by atoms with E-state index in [1.807, 2.05) is 0 Å². The average molecular weight is 277 g/mol. The molecule has 4 fully saturated rings. The molecule has 2 bridgehead atoms. The SMILES string of the molecule is CC1(C)CC(C2(N)CC3CC2C2CCCC32)C(C)(C)O1. The summed E-state index contributed by atoms with van der Waals surface area (Å²) < 4.78 is 6.37. The van der Waals surface area contributed by atoms with Crippen LogP contribution in [0.1, 0.15) is 66.2 Å². The van der Waals surface area contributed by atoms with Gasteiger partial charge in [0.2, 0.25) is 0 Å². The highest BCUT2D eigenvalue weighted by Gasteiger charge is 2.65. The summed E-state index contributed by atoms with van der Waals surface area (Å²) in [6.07, 6.45) is 8.21. The molecule has 3 aliphatic carbocycles. The van der Waals surface area contributed by atoms with Crippen molar-refractivity contribution < 1.29 is 4.74 Å². The first kappa shape index (κ1) is 13.6. The molecule has 2 nitrogen and oxygen atoms in total. The third-order valence-corrected chi connectivity index (χ3v) is 7.33. The van der Waals surface area contributed by atoms with Gasteiger partial charge in [-0.25, -0.2) is 0 Å². The second-order valence-electron chi connectivity index (χ2n) is 9.40. The van der Waals surface area contributed by atoms with Crippen molar-refractivity contribution in [3.05, 3.63) is 0 Å². The first-order chi connectivity index (χ1) is 9.23. The lowest BCUT2D eigenvalue weighted by molar-refractivity contribution is -0.0878. The molecule has 6 atom stereocenters. The topological polar surface area (TPSA) is 35.2 Å². The molecule has 0 aromatic rings. The quantitative estimate of drug-likeness (QED) is 0.792. The van der Waals surface area contributed by atoms with Gasteiger partial charge in [0.25, 0.3) is 0 Å². The Morgan fingerprint density at radius 2 is 1.70 bits per heavy atom. The van der Waals surface area contributed by atoms with Crippen LogP contribution in [0.4, 0.5) is 0 Å². The van der Waals surface area contributed by atoms with Gasteiger partial charge in [-0.05, 0) is 83.5 Å². The maximum Gasteiger partial charge on any atom is 0.0680 e. The van der Waals surface area contributed by atoms with Crippen molar-refractivity contribution in [2.45, 2.75) is 83.0 Å². The molecule has 2 heteroatoms. The minimum atomic E-state index is -0.0587. The zero-order valence-corrected chi connectivity index (χ0v) is 13.6. The second-order valence-corrected chi connectivity index (χ2v) is 9.40. The van der Waals surface area contributed by atoms with E-state index in [-0.39, 0.29) is 16.7 Å². The highest BCUT2D eigenvalue weighted by Crippen LogP contribution is 2.66. The highest BCUT2D eigenvalue weighted by molar-refractivity contribution is 5.18. The van der Waals surface area contributed by atoms with Crippen LogP contribution in [0.15, 0.2) is 0 Å². The van der Waals surface area contributed by atoms with E-state index >= 15 is 0 Å². The van der Waals surface area contributed by atoms with Gasteiger partial charge in [-0.1, -0.05) is 6.42 Å². The van der Waals surface area contributed by atoms with Gasteiger partial charge >= 0.3 is 0 Å². The number of ether oxygens (including phenoxy) is 1. The van der Waals surface area contributed by atoms with Crippen molar-refractivity contribution in [1.29, 1.82) is 0 Å². The van der Waals surface area contributed by atoms with Gasteiger partial charge in [0.1, 0.15) is 0 Å². The standard InChI is InChI=1S/C18H31NO/c1-16(2)10-15(17(3,4)20-16)18(19)9-11-8-14(18)13-7-5-6-12(11)13/h11-15H,5-10,19H2,1-4H3. The first-order valence-corrected chi connectivity index (χ1v) is 8.72. The third-order valence-electron chi connectivity index (χ3n) is 7.33. The van der Waals surface area contributed by atoms with Gasteiger partial charge < -0.3 is 10.5 Å². The Morgan fingerprint density at radius 3 is 2.35 bits per heavy atom. The minimum Gasteiger partial charge on any atom is -0.369 e. The summed E-state index contributed by atoms with van der Waals surface area (Å²) in [6, 6.07) is 0. The molecular weight excluding hydrogens is 246 g/mol. The minimum absolute atomic E-state index is 0.00253. The molecule has 1 heterocycles. The van der Waals surface area contributed by atoms with Crippen LogP contribution in [0.3, 0.4) is 0 Å². The molecule has 3 saturated carbocycles. The highest BCUT2D eigenvalue weighted by atomic mass is 16.5. The largest absolute Gasteiger partial charge is 0.369 e. The van der Waals surface area contributed by atoms with Crippen molar-refractivity contribution in [2.75, 3.05) is 0 Å². The molecule has 2 N–H and O–H groups in total. The van der Waals surface area contributed by atoms with E-state index in [0.717, 1.165) is 30.1 Å². The Hall–Kier alpha value is -0.0800. The molecule has 4 rings (SSSR count). The summed E-state index contributed by atoms with van der Waals surface area (Å²) in [6.45, 7) is 9.03. The fraction of sp³-hybridized carbons (Fsp3) is 1.00. The smallest absolute Gasteiger partial charge is 0.0680 e. The van der Waals surface area contributed by atoms with Crippen LogP contribution in [0.25, 0.3) is 0 Å². The Balaban J connectivity index is 1.66. The van der Waals surface area contributed by atoms with E-state index in [2.05, 4.69) is 27.7 Å². The number of fused-ring (bicyclic) bond motifs is 5. The lowest BCUT2D eigenvalue weighted by Crippen LogP contribution is -2.59. The van der Waals surface area contributed by atoms with Crippen LogP contribution in [0, 0.1) is 29.6 Å². The van der Waals surface area contributed by atoms with Gasteiger partial charge in [-0.15, -0.1) is 0 Å². The summed E-state index contributed by atoms with van der Waals surface area (Å²) in [5, 5.41) is 0. The molecule has 1 aliphatic heterocycles. The van der Waals surface area contributed by atoms with Gasteiger partial charge in [0.15, 0.2) is 0 Å². The normalized spacial score (nSPS) is 55.4. The molecule has 114 valence electrons. The van der Waals surface area contributed by atoms with Crippen molar-refractivity contribution in [3.63, 3.8) is 0 Å². The van der Waals surface area contributed by atoms with Crippen molar-refractivity contribution in [2.24, 2.45) is 35.3 Å². The van der Waals surface area contributed by atoms with E-state index in [4.69, 9.17) is 10.5 Å². The van der Waals surface area contributed by atoms with Crippen LogP contribution in [-0.2, 0) is 4.74 Å². The van der Waals surface area contributed by atoms with Crippen LogP contribution in [0.2, 0.25) is 0 Å². The first-order valence-electron chi connectivity index (χ1n) is 8.72. The van der Waals surface area contributed by atoms with Crippen molar-refractivity contribution >= 4 is 0 Å². The van der Waals surface area contributed by atoms with Crippen LogP contribution in [-0.4, -0.2) is 16.7 Å². The third kappa shape index (κ3) is 1.64. The summed E-state index contributed by atoms with van der Waals surface area (Å²) in [7, 11) is 0. The summed E-state index contributed by atoms with van der Waals surface area (Å²) in [4.78, 5) is 0. The van der Waals surface area contributed by atoms with Crippen LogP contribution < -0.4 is 5.73 Å². The molecule has 1 saturated heterocycles. The van der Waals surface area contributed by atoms with E-state index in [1.54, 1.807) is 0 Å². The lowest BCUT2D eigenvalue weighted by Gasteiger charge is -2.47. The molecule has 0 amide bonds. The van der Waals surface area contributed by atoms with E-state index in [0.29, 0.717) is 5.92 Å². The summed E-state index contributed by atoms with van der Waals surface area (Å²) in [5.74, 6) is 4.20. The summed E-state index contributed by atoms with van der Waals surface area (Å²) >= 11 is 0. The predicted molar refractivity (Wildman–Crippen MR) is 81.3 cm³/mol. The van der Waals surface area contributed by atoms with Gasteiger partial charge in [-0.3, -0.25) is 0 Å². The lowest BCUT2D eigenvalue weighted by atomic mass is 9.61. The maximum absolute atomic E-state index is 7.12. The predicted octanol–water partition coefficient (Wildman–Crippen LogP) is 3.73. The molecule has 4 aliphatic rings. The van der Waals surface area contributed by atoms with Gasteiger partial charge in [0, 0.05) is 11.5 Å². The van der Waals surface area contributed by atoms with E-state index < -0.39 is 0 Å². The molecule has 20 heavy (non-hydrogen) atoms. The molecular formula is C18H31NO. The number of hydrogen-bond donors (Lipinski definition) is 1. The van der Waals surface area contributed by atoms with Gasteiger partial charge in [0.05, 0.1) is 11.2 Å². The Bertz CT molecular complexity index is 429. The zero-order chi connectivity index (χ0) is 14.3. The number of hydrogen-bond acceptors (Lipinski definition) is 2. The maximum atomic E-state index is 7.12. The molecule has 0 spiro atoms. The summed E-state index contributed by atoms with van der Waals surface area (Å²) in [5.41, 5.74) is 7.11. The second kappa shape index (κ2) is 3.81. The van der Waals surface area contributed by atoms with E-state index in [9.17, 15) is 0 Å². The monoisotopic (exact) mass is 277 g/mol. The molecule has 0 aromatic heterocycles. The van der Waals surface area contributed by atoms with Crippen LogP contribution >= 0.6 is 0 Å². The molecule has 0 radical (unpaired) electrons. The fourth-order valence-corrected chi connectivity index (χ4v) is 7.04. The van der Waals surface area contributed by atoms with Crippen molar-refractivity contribution in [1.82, 2.24) is 0 Å². The Kier molecular flexibility index (Phi) is 2.59. The average Bonchev–Trinajstić information content (AvgIpc) is 2.96. The van der Waals surface area contributed by atoms with E-state index in [1.165, 1.54) is 32.1 Å². The zero-order valence-electron chi connectivity index (χ0n) is 13.6. The number of nitrogens with two attached hydrogens (primary N) is 1. The number of rotatable bonds is 1. The Labute approximate surface area is 123 Å². The fourth-order valence-electron chi connectivity index (χ4n) is 7.04. The van der Waals surface area contributed by atoms with Crippen molar-refractivity contribution in [3.8, 4) is 0 Å². The molecule has 6 unspecified atom stereocenters. The Morgan fingerprint density at radius 1 is 1.00 bits per heavy atom. The molecule has 0 aromatic carbocycles. The van der Waals surface area contributed by atoms with Gasteiger partial charge in [-0.2, -0.15) is 0 Å². The van der Waals surface area contributed by atoms with Crippen LogP contribution in [0.5, 0.6) is 0 Å².